The minimum Gasteiger partial charge on any atom is -0.394 e. The molecule has 4 rings (SSSR count). The van der Waals surface area contributed by atoms with E-state index in [1.54, 1.807) is 17.4 Å². The number of halogens is 9. The number of carbonyl (C=O) groups is 2. The minimum atomic E-state index is -2.08. The van der Waals surface area contributed by atoms with E-state index in [1.165, 1.54) is 18.2 Å². The van der Waals surface area contributed by atoms with Gasteiger partial charge in [-0.25, -0.2) is 17.6 Å². The van der Waals surface area contributed by atoms with Gasteiger partial charge in [0.2, 0.25) is 5.91 Å². The summed E-state index contributed by atoms with van der Waals surface area (Å²) in [6.45, 7) is 0. The first-order valence-corrected chi connectivity index (χ1v) is 12.0. The number of benzene rings is 3. The first kappa shape index (κ1) is 27.6. The molecule has 4 N–H and O–H groups in total. The molecule has 0 aromatic heterocycles. The van der Waals surface area contributed by atoms with Crippen LogP contribution in [-0.4, -0.2) is 16.1 Å². The van der Waals surface area contributed by atoms with Gasteiger partial charge in [0.05, 0.1) is 16.5 Å². The van der Waals surface area contributed by atoms with Crippen LogP contribution in [0.25, 0.3) is 0 Å². The number of amides is 2. The van der Waals surface area contributed by atoms with E-state index < -0.39 is 62.6 Å². The molecule has 0 radical (unpaired) electrons. The number of nitrogen functional groups attached to an aromatic ring is 1. The highest BCUT2D eigenvalue weighted by Crippen LogP contribution is 2.65. The van der Waals surface area contributed by atoms with E-state index >= 15 is 0 Å². The Balaban J connectivity index is 1.56. The summed E-state index contributed by atoms with van der Waals surface area (Å²) in [5.41, 5.74) is 2.66. The van der Waals surface area contributed by atoms with E-state index in [4.69, 9.17) is 63.7 Å². The van der Waals surface area contributed by atoms with Crippen molar-refractivity contribution in [3.8, 4) is 0 Å². The monoisotopic (exact) mass is 613 g/mol. The van der Waals surface area contributed by atoms with Gasteiger partial charge >= 0.3 is 0 Å². The molecule has 14 heteroatoms. The van der Waals surface area contributed by atoms with Crippen LogP contribution in [0.5, 0.6) is 0 Å². The molecule has 37 heavy (non-hydrogen) atoms. The topological polar surface area (TPSA) is 84.2 Å². The van der Waals surface area contributed by atoms with Gasteiger partial charge in [0, 0.05) is 21.7 Å². The van der Waals surface area contributed by atoms with Crippen molar-refractivity contribution in [1.29, 1.82) is 0 Å². The Morgan fingerprint density at radius 1 is 0.838 bits per heavy atom. The molecule has 3 aromatic rings. The predicted molar refractivity (Wildman–Crippen MR) is 136 cm³/mol. The quantitative estimate of drug-likeness (QED) is 0.0911. The summed E-state index contributed by atoms with van der Waals surface area (Å²) in [4.78, 5) is 25.6. The summed E-state index contributed by atoms with van der Waals surface area (Å²) < 4.78 is 53.9. The van der Waals surface area contributed by atoms with Gasteiger partial charge in [-0.2, -0.15) is 0 Å². The van der Waals surface area contributed by atoms with Crippen LogP contribution in [0.15, 0.2) is 36.4 Å². The maximum Gasteiger partial charge on any atom is 0.257 e. The van der Waals surface area contributed by atoms with E-state index in [2.05, 4.69) is 5.32 Å². The van der Waals surface area contributed by atoms with E-state index in [9.17, 15) is 27.2 Å². The molecule has 194 valence electrons. The number of nitrogens with two attached hydrogens (primary N) is 1. The molecular weight excluding hydrogens is 604 g/mol. The summed E-state index contributed by atoms with van der Waals surface area (Å²) in [5.74, 6) is -11.1. The Kier molecular flexibility index (Phi) is 7.49. The molecule has 0 unspecified atom stereocenters. The largest absolute Gasteiger partial charge is 0.394 e. The van der Waals surface area contributed by atoms with Crippen molar-refractivity contribution in [3.05, 3.63) is 85.9 Å². The molecule has 0 saturated heterocycles. The first-order chi connectivity index (χ1) is 17.2. The Morgan fingerprint density at radius 3 is 2.08 bits per heavy atom. The molecule has 5 nitrogen and oxygen atoms in total. The summed E-state index contributed by atoms with van der Waals surface area (Å²) >= 11 is 30.7. The number of nitrogens with one attached hydrogen (secondary N) is 2. The van der Waals surface area contributed by atoms with Crippen LogP contribution in [-0.2, 0) is 4.79 Å². The fraction of sp³-hybridized carbons (Fsp3) is 0.130. The van der Waals surface area contributed by atoms with E-state index in [0.29, 0.717) is 15.6 Å². The molecule has 1 saturated carbocycles. The van der Waals surface area contributed by atoms with Crippen molar-refractivity contribution in [2.24, 2.45) is 5.92 Å². The SMILES string of the molecule is Nc1c(F)c(F)c(F)c(NC(=O)c2cc(NC(=O)[C@H]3[C@H](c4cc(Cl)cc(Cl)c4)C3(Cl)Cl)ccc2Cl)c1F. The van der Waals surface area contributed by atoms with Gasteiger partial charge in [-0.1, -0.05) is 34.8 Å². The summed E-state index contributed by atoms with van der Waals surface area (Å²) in [7, 11) is 0. The number of carbonyl (C=O) groups excluding carboxylic acids is 2. The second kappa shape index (κ2) is 10.0. The van der Waals surface area contributed by atoms with Crippen LogP contribution in [0.2, 0.25) is 15.1 Å². The smallest absolute Gasteiger partial charge is 0.257 e. The minimum absolute atomic E-state index is 0.0456. The van der Waals surface area contributed by atoms with Crippen LogP contribution >= 0.6 is 58.0 Å². The molecule has 0 heterocycles. The lowest BCUT2D eigenvalue weighted by atomic mass is 10.1. The Morgan fingerprint density at radius 2 is 1.46 bits per heavy atom. The second-order valence-electron chi connectivity index (χ2n) is 8.02. The van der Waals surface area contributed by atoms with E-state index in [0.717, 1.165) is 6.07 Å². The molecule has 2 atom stereocenters. The number of rotatable bonds is 5. The van der Waals surface area contributed by atoms with E-state index in [-0.39, 0.29) is 16.3 Å². The fourth-order valence-corrected chi connectivity index (χ4v) is 5.34. The van der Waals surface area contributed by atoms with Crippen molar-refractivity contribution in [1.82, 2.24) is 0 Å². The van der Waals surface area contributed by atoms with Crippen molar-refractivity contribution < 1.29 is 27.2 Å². The highest BCUT2D eigenvalue weighted by Gasteiger charge is 2.67. The molecule has 0 aliphatic heterocycles. The molecular formula is C23H12Cl5F4N3O2. The van der Waals surface area contributed by atoms with Crippen LogP contribution in [0.3, 0.4) is 0 Å². The average molecular weight is 616 g/mol. The zero-order chi connectivity index (χ0) is 27.4. The third-order valence-corrected chi connectivity index (χ3v) is 7.30. The number of hydrogen-bond donors (Lipinski definition) is 3. The van der Waals surface area contributed by atoms with Crippen LogP contribution < -0.4 is 16.4 Å². The van der Waals surface area contributed by atoms with Gasteiger partial charge in [-0.3, -0.25) is 9.59 Å². The van der Waals surface area contributed by atoms with Crippen LogP contribution in [0.4, 0.5) is 34.6 Å². The summed E-state index contributed by atoms with van der Waals surface area (Å²) in [6, 6.07) is 8.28. The maximum absolute atomic E-state index is 14.2. The van der Waals surface area contributed by atoms with Crippen molar-refractivity contribution in [2.75, 3.05) is 16.4 Å². The standard InChI is InChI=1S/C23H12Cl5F4N3O2/c24-8-3-7(4-9(25)5-8)13-14(23(13,27)28)22(37)34-10-1-2-12(26)11(6-10)21(36)35-20-17(31)15(29)16(30)19(33)18(20)32/h1-6,13-14H,33H2,(H,34,37)(H,35,36)/t13-,14+/m0/s1. The van der Waals surface area contributed by atoms with Gasteiger partial charge in [0.25, 0.3) is 5.91 Å². The molecule has 1 aliphatic rings. The molecule has 1 aliphatic carbocycles. The highest BCUT2D eigenvalue weighted by atomic mass is 35.5. The Labute approximate surface area is 231 Å². The lowest BCUT2D eigenvalue weighted by Gasteiger charge is -2.13. The van der Waals surface area contributed by atoms with Crippen LogP contribution in [0.1, 0.15) is 21.8 Å². The first-order valence-electron chi connectivity index (χ1n) is 10.1. The zero-order valence-corrected chi connectivity index (χ0v) is 21.7. The van der Waals surface area contributed by atoms with Gasteiger partial charge in [0.1, 0.15) is 15.7 Å². The Hall–Kier alpha value is -2.43. The number of anilines is 3. The molecule has 0 spiro atoms. The molecule has 1 fully saturated rings. The second-order valence-corrected chi connectivity index (χ2v) is 10.7. The lowest BCUT2D eigenvalue weighted by Crippen LogP contribution is -2.19. The van der Waals surface area contributed by atoms with Gasteiger partial charge in [0.15, 0.2) is 23.3 Å². The number of hydrogen-bond acceptors (Lipinski definition) is 3. The average Bonchev–Trinajstić information content (AvgIpc) is 3.41. The van der Waals surface area contributed by atoms with E-state index in [1.807, 2.05) is 0 Å². The van der Waals surface area contributed by atoms with Crippen molar-refractivity contribution in [2.45, 2.75) is 10.3 Å². The van der Waals surface area contributed by atoms with Gasteiger partial charge < -0.3 is 16.4 Å². The lowest BCUT2D eigenvalue weighted by molar-refractivity contribution is -0.117. The number of alkyl halides is 2. The van der Waals surface area contributed by atoms with Crippen molar-refractivity contribution in [3.63, 3.8) is 0 Å². The predicted octanol–water partition coefficient (Wildman–Crippen LogP) is 7.56. The van der Waals surface area contributed by atoms with Gasteiger partial charge in [-0.05, 0) is 42.0 Å². The van der Waals surface area contributed by atoms with Gasteiger partial charge in [-0.15, -0.1) is 23.2 Å². The summed E-state index contributed by atoms with van der Waals surface area (Å²) in [5, 5.41) is 4.76. The molecule has 3 aromatic carbocycles. The third kappa shape index (κ3) is 5.15. The molecule has 0 bridgehead atoms. The highest BCUT2D eigenvalue weighted by molar-refractivity contribution is 6.53. The Bertz CT molecular complexity index is 1420. The summed E-state index contributed by atoms with van der Waals surface area (Å²) in [6.07, 6.45) is 0. The third-order valence-electron chi connectivity index (χ3n) is 5.59. The fourth-order valence-electron chi connectivity index (χ4n) is 3.76. The van der Waals surface area contributed by atoms with Crippen LogP contribution in [0, 0.1) is 29.2 Å². The zero-order valence-electron chi connectivity index (χ0n) is 17.9. The molecule has 2 amide bonds. The normalized spacial score (nSPS) is 17.9. The maximum atomic E-state index is 14.2. The van der Waals surface area contributed by atoms with Crippen molar-refractivity contribution >= 4 is 86.9 Å².